The van der Waals surface area contributed by atoms with Gasteiger partial charge in [0, 0.05) is 11.5 Å². The van der Waals surface area contributed by atoms with Crippen molar-refractivity contribution in [2.45, 2.75) is 60.8 Å². The third-order valence-corrected chi connectivity index (χ3v) is 4.00. The van der Waals surface area contributed by atoms with Crippen LogP contribution in [0.1, 0.15) is 60.8 Å². The lowest BCUT2D eigenvalue weighted by atomic mass is 10.0. The average molecular weight is 387 g/mol. The molecule has 3 N–H and O–H groups in total. The molecule has 3 nitrogen and oxygen atoms in total. The molecule has 0 saturated carbocycles. The van der Waals surface area contributed by atoms with Crippen LogP contribution in [0.15, 0.2) is 45.1 Å². The number of halogens is 1. The summed E-state index contributed by atoms with van der Waals surface area (Å²) in [5, 5.41) is 9.55. The Bertz CT molecular complexity index is 435. The van der Waals surface area contributed by atoms with Crippen molar-refractivity contribution in [3.8, 4) is 0 Å². The van der Waals surface area contributed by atoms with Crippen LogP contribution in [-0.4, -0.2) is 18.8 Å². The average Bonchev–Trinajstić information content (AvgIpc) is 2.57. The number of hydrogen-bond acceptors (Lipinski definition) is 3. The summed E-state index contributed by atoms with van der Waals surface area (Å²) >= 11 is 3.59. The smallest absolute Gasteiger partial charge is 0.0665 e. The highest BCUT2D eigenvalue weighted by atomic mass is 79.9. The minimum absolute atomic E-state index is 0.0721. The maximum Gasteiger partial charge on any atom is 0.0665 e. The highest BCUT2D eigenvalue weighted by Crippen LogP contribution is 2.20. The van der Waals surface area contributed by atoms with Crippen LogP contribution in [0.3, 0.4) is 0 Å². The summed E-state index contributed by atoms with van der Waals surface area (Å²) in [5.41, 5.74) is 10.4. The fourth-order valence-corrected chi connectivity index (χ4v) is 2.29. The van der Waals surface area contributed by atoms with Gasteiger partial charge in [0.15, 0.2) is 0 Å². The fourth-order valence-electron chi connectivity index (χ4n) is 1.99. The number of nitrogens with one attached hydrogen (secondary N) is 2. The molecule has 0 rings (SSSR count). The Morgan fingerprint density at radius 3 is 2.13 bits per heavy atom. The second-order valence-electron chi connectivity index (χ2n) is 4.92. The first kappa shape index (κ1) is 24.4. The molecule has 0 spiro atoms. The number of rotatable bonds is 9. The van der Waals surface area contributed by atoms with E-state index in [9.17, 15) is 5.11 Å². The molecule has 0 atom stereocenters. The Morgan fingerprint density at radius 2 is 1.70 bits per heavy atom. The van der Waals surface area contributed by atoms with Crippen molar-refractivity contribution in [1.82, 2.24) is 10.9 Å². The molecule has 0 aromatic carbocycles. The van der Waals surface area contributed by atoms with E-state index in [-0.39, 0.29) is 6.61 Å². The van der Waals surface area contributed by atoms with E-state index in [1.54, 1.807) is 0 Å². The lowest BCUT2D eigenvalue weighted by molar-refractivity contribution is 0.323. The van der Waals surface area contributed by atoms with Gasteiger partial charge in [-0.05, 0) is 49.5 Å². The van der Waals surface area contributed by atoms with E-state index in [0.717, 1.165) is 40.6 Å². The maximum absolute atomic E-state index is 9.55. The molecule has 0 aliphatic heterocycles. The van der Waals surface area contributed by atoms with Crippen LogP contribution in [0.5, 0.6) is 0 Å². The second kappa shape index (κ2) is 16.0. The van der Waals surface area contributed by atoms with Gasteiger partial charge in [0.2, 0.25) is 0 Å². The summed E-state index contributed by atoms with van der Waals surface area (Å²) in [6.07, 6.45) is 9.20. The van der Waals surface area contributed by atoms with Gasteiger partial charge in [-0.2, -0.15) is 0 Å². The van der Waals surface area contributed by atoms with Crippen LogP contribution in [0.2, 0.25) is 0 Å². The van der Waals surface area contributed by atoms with Gasteiger partial charge in [0.25, 0.3) is 0 Å². The van der Waals surface area contributed by atoms with Gasteiger partial charge in [-0.1, -0.05) is 62.2 Å². The number of allylic oxidation sites excluding steroid dienone is 6. The summed E-state index contributed by atoms with van der Waals surface area (Å²) in [5.74, 6) is 0. The third kappa shape index (κ3) is 10.5. The number of hydrazine groups is 1. The Morgan fingerprint density at radius 1 is 1.09 bits per heavy atom. The molecule has 134 valence electrons. The van der Waals surface area contributed by atoms with Crippen LogP contribution < -0.4 is 10.9 Å². The standard InChI is InChI=1S/C17H29BrN2O.C2H6/c1-6-8-13(3)16(18)11-10-14(4)17(20-19-5)15(12-21)9-7-2;1-2/h8,10-11,19-21H,6-7,9,12H2,1-5H3;1-2H3/b13-8+,14-10+,16-11+,17-15+;. The van der Waals surface area contributed by atoms with Gasteiger partial charge >= 0.3 is 0 Å². The predicted molar refractivity (Wildman–Crippen MR) is 107 cm³/mol. The van der Waals surface area contributed by atoms with Crippen LogP contribution in [0.25, 0.3) is 0 Å². The summed E-state index contributed by atoms with van der Waals surface area (Å²) in [4.78, 5) is 0. The lowest BCUT2D eigenvalue weighted by Crippen LogP contribution is -2.29. The maximum atomic E-state index is 9.55. The van der Waals surface area contributed by atoms with Crippen molar-refractivity contribution in [3.63, 3.8) is 0 Å². The summed E-state index contributed by atoms with van der Waals surface area (Å²) in [6, 6.07) is 0. The monoisotopic (exact) mass is 386 g/mol. The molecule has 0 unspecified atom stereocenters. The van der Waals surface area contributed by atoms with E-state index < -0.39 is 0 Å². The quantitative estimate of drug-likeness (QED) is 0.368. The van der Waals surface area contributed by atoms with E-state index in [0.29, 0.717) is 0 Å². The molecule has 0 aromatic rings. The zero-order valence-corrected chi connectivity index (χ0v) is 17.5. The zero-order chi connectivity index (χ0) is 18.3. The van der Waals surface area contributed by atoms with Crippen molar-refractivity contribution >= 4 is 15.9 Å². The first-order chi connectivity index (χ1) is 11.0. The lowest BCUT2D eigenvalue weighted by Gasteiger charge is -2.15. The summed E-state index contributed by atoms with van der Waals surface area (Å²) < 4.78 is 1.08. The van der Waals surface area contributed by atoms with Gasteiger partial charge in [0.05, 0.1) is 12.3 Å². The van der Waals surface area contributed by atoms with Crippen LogP contribution in [-0.2, 0) is 0 Å². The topological polar surface area (TPSA) is 44.3 Å². The Labute approximate surface area is 151 Å². The molecule has 0 fully saturated rings. The molecule has 0 aliphatic rings. The van der Waals surface area contributed by atoms with E-state index in [1.165, 1.54) is 5.57 Å². The number of aliphatic hydroxyl groups is 1. The molecular weight excluding hydrogens is 352 g/mol. The van der Waals surface area contributed by atoms with Gasteiger partial charge in [-0.25, -0.2) is 5.43 Å². The van der Waals surface area contributed by atoms with Crippen molar-refractivity contribution in [1.29, 1.82) is 0 Å². The molecule has 0 bridgehead atoms. The molecule has 23 heavy (non-hydrogen) atoms. The van der Waals surface area contributed by atoms with Gasteiger partial charge in [-0.15, -0.1) is 0 Å². The molecule has 0 saturated heterocycles. The molecule has 0 radical (unpaired) electrons. The Balaban J connectivity index is 0. The van der Waals surface area contributed by atoms with E-state index in [1.807, 2.05) is 27.8 Å². The van der Waals surface area contributed by atoms with Gasteiger partial charge in [0.1, 0.15) is 0 Å². The highest BCUT2D eigenvalue weighted by Gasteiger charge is 2.07. The molecule has 0 amide bonds. The molecule has 0 aromatic heterocycles. The zero-order valence-electron chi connectivity index (χ0n) is 15.9. The first-order valence-corrected chi connectivity index (χ1v) is 9.28. The van der Waals surface area contributed by atoms with Gasteiger partial charge in [-0.3, -0.25) is 0 Å². The van der Waals surface area contributed by atoms with Crippen LogP contribution in [0, 0.1) is 0 Å². The van der Waals surface area contributed by atoms with Crippen LogP contribution in [0.4, 0.5) is 0 Å². The summed E-state index contributed by atoms with van der Waals surface area (Å²) in [7, 11) is 1.83. The number of hydrogen-bond donors (Lipinski definition) is 3. The fraction of sp³-hybridized carbons (Fsp3) is 0.579. The minimum atomic E-state index is 0.0721. The predicted octanol–water partition coefficient (Wildman–Crippen LogP) is 5.36. The Kier molecular flexibility index (Phi) is 17.0. The Hall–Kier alpha value is -0.840. The van der Waals surface area contributed by atoms with Crippen molar-refractivity contribution in [2.75, 3.05) is 13.7 Å². The highest BCUT2D eigenvalue weighted by molar-refractivity contribution is 9.12. The molecular formula is C19H35BrN2O. The first-order valence-electron chi connectivity index (χ1n) is 8.48. The molecule has 0 aliphatic carbocycles. The van der Waals surface area contributed by atoms with E-state index >= 15 is 0 Å². The second-order valence-corrected chi connectivity index (χ2v) is 5.78. The van der Waals surface area contributed by atoms with Crippen LogP contribution >= 0.6 is 15.9 Å². The third-order valence-electron chi connectivity index (χ3n) is 3.11. The van der Waals surface area contributed by atoms with E-state index in [4.69, 9.17) is 0 Å². The molecule has 4 heteroatoms. The van der Waals surface area contributed by atoms with E-state index in [2.05, 4.69) is 65.8 Å². The molecule has 0 heterocycles. The normalized spacial score (nSPS) is 14.0. The SMILES string of the molecule is CC.CC/C=C(C)/C(Br)=C\C=C(C)\C(NNC)=C(/CO)CCC. The number of aliphatic hydroxyl groups excluding tert-OH is 1. The largest absolute Gasteiger partial charge is 0.392 e. The van der Waals surface area contributed by atoms with Crippen molar-refractivity contribution in [3.05, 3.63) is 45.1 Å². The summed E-state index contributed by atoms with van der Waals surface area (Å²) in [6.45, 7) is 12.4. The minimum Gasteiger partial charge on any atom is -0.392 e. The van der Waals surface area contributed by atoms with Crippen molar-refractivity contribution < 1.29 is 5.11 Å². The van der Waals surface area contributed by atoms with Crippen molar-refractivity contribution in [2.24, 2.45) is 0 Å². The van der Waals surface area contributed by atoms with Gasteiger partial charge < -0.3 is 10.5 Å².